The minimum absolute atomic E-state index is 0.0476. The number of hydrogen-bond donors (Lipinski definition) is 1. The van der Waals surface area contributed by atoms with Gasteiger partial charge in [0.05, 0.1) is 24.7 Å². The largest absolute Gasteiger partial charge is 0.497 e. The van der Waals surface area contributed by atoms with Gasteiger partial charge in [0, 0.05) is 6.07 Å². The smallest absolute Gasteiger partial charge is 0.326 e. The van der Waals surface area contributed by atoms with Crippen LogP contribution < -0.4 is 10.4 Å². The first kappa shape index (κ1) is 9.51. The Morgan fingerprint density at radius 1 is 1.53 bits per heavy atom. The van der Waals surface area contributed by atoms with Gasteiger partial charge in [0.15, 0.2) is 0 Å². The fourth-order valence-corrected chi connectivity index (χ4v) is 1.52. The highest BCUT2D eigenvalue weighted by atomic mass is 16.5. The van der Waals surface area contributed by atoms with Crippen LogP contribution in [-0.2, 0) is 11.3 Å². The van der Waals surface area contributed by atoms with Crippen molar-refractivity contribution in [2.75, 3.05) is 7.11 Å². The van der Waals surface area contributed by atoms with Crippen molar-refractivity contribution >= 4 is 17.3 Å². The lowest BCUT2D eigenvalue weighted by atomic mass is 10.3. The minimum atomic E-state index is -0.287. The number of methoxy groups -OCH3 is 1. The van der Waals surface area contributed by atoms with Crippen LogP contribution in [0.5, 0.6) is 5.75 Å². The number of H-pyrrole nitrogens is 1. The van der Waals surface area contributed by atoms with Crippen molar-refractivity contribution in [3.63, 3.8) is 0 Å². The number of hydrogen-bond acceptors (Lipinski definition) is 3. The number of imidazole rings is 1. The number of aldehydes is 1. The highest BCUT2D eigenvalue weighted by molar-refractivity contribution is 5.77. The molecule has 5 nitrogen and oxygen atoms in total. The molecule has 0 amide bonds. The van der Waals surface area contributed by atoms with Gasteiger partial charge in [-0.2, -0.15) is 0 Å². The molecule has 1 heterocycles. The van der Waals surface area contributed by atoms with Crippen molar-refractivity contribution in [1.29, 1.82) is 0 Å². The number of nitrogens with zero attached hydrogens (tertiary/aromatic N) is 1. The highest BCUT2D eigenvalue weighted by Gasteiger charge is 2.06. The summed E-state index contributed by atoms with van der Waals surface area (Å²) in [6, 6.07) is 5.22. The van der Waals surface area contributed by atoms with Gasteiger partial charge in [0.2, 0.25) is 0 Å². The number of nitrogens with one attached hydrogen (secondary N) is 1. The summed E-state index contributed by atoms with van der Waals surface area (Å²) < 4.78 is 6.41. The standard InChI is InChI=1S/C10H10N2O3/c1-15-7-2-3-8-9(6-7)12(4-5-13)10(14)11-8/h2-3,5-6H,4H2,1H3,(H,11,14). The number of ether oxygens (including phenoxy) is 1. The molecule has 15 heavy (non-hydrogen) atoms. The van der Waals surface area contributed by atoms with Crippen molar-refractivity contribution < 1.29 is 9.53 Å². The zero-order valence-corrected chi connectivity index (χ0v) is 8.19. The fraction of sp³-hybridized carbons (Fsp3) is 0.200. The van der Waals surface area contributed by atoms with E-state index >= 15 is 0 Å². The average Bonchev–Trinajstić information content (AvgIpc) is 2.55. The van der Waals surface area contributed by atoms with Crippen LogP contribution in [0.25, 0.3) is 11.0 Å². The van der Waals surface area contributed by atoms with E-state index in [1.54, 1.807) is 25.3 Å². The van der Waals surface area contributed by atoms with E-state index in [4.69, 9.17) is 4.74 Å². The van der Waals surface area contributed by atoms with Crippen LogP contribution in [0.4, 0.5) is 0 Å². The molecule has 1 aromatic carbocycles. The SMILES string of the molecule is COc1ccc2[nH]c(=O)n(CC=O)c2c1. The van der Waals surface area contributed by atoms with Crippen molar-refractivity contribution in [3.05, 3.63) is 28.7 Å². The molecule has 2 aromatic rings. The van der Waals surface area contributed by atoms with Crippen LogP contribution in [0, 0.1) is 0 Å². The third-order valence-corrected chi connectivity index (χ3v) is 2.24. The number of carbonyl (C=O) groups excluding carboxylic acids is 1. The van der Waals surface area contributed by atoms with Crippen LogP contribution in [0.15, 0.2) is 23.0 Å². The van der Waals surface area contributed by atoms with E-state index in [-0.39, 0.29) is 12.2 Å². The lowest BCUT2D eigenvalue weighted by Crippen LogP contribution is -2.17. The monoisotopic (exact) mass is 206 g/mol. The summed E-state index contributed by atoms with van der Waals surface area (Å²) in [5.74, 6) is 0.654. The minimum Gasteiger partial charge on any atom is -0.497 e. The normalized spacial score (nSPS) is 10.5. The summed E-state index contributed by atoms with van der Waals surface area (Å²) in [7, 11) is 1.55. The molecule has 0 atom stereocenters. The maximum absolute atomic E-state index is 11.4. The third-order valence-electron chi connectivity index (χ3n) is 2.24. The number of rotatable bonds is 3. The van der Waals surface area contributed by atoms with E-state index in [0.717, 1.165) is 0 Å². The first-order valence-corrected chi connectivity index (χ1v) is 4.46. The van der Waals surface area contributed by atoms with Gasteiger partial charge in [-0.05, 0) is 12.1 Å². The summed E-state index contributed by atoms with van der Waals surface area (Å²) >= 11 is 0. The van der Waals surface area contributed by atoms with Gasteiger partial charge in [-0.15, -0.1) is 0 Å². The Labute approximate surface area is 85.3 Å². The average molecular weight is 206 g/mol. The van der Waals surface area contributed by atoms with Crippen LogP contribution in [0.3, 0.4) is 0 Å². The first-order valence-electron chi connectivity index (χ1n) is 4.46. The van der Waals surface area contributed by atoms with Crippen molar-refractivity contribution in [1.82, 2.24) is 9.55 Å². The quantitative estimate of drug-likeness (QED) is 0.745. The number of benzene rings is 1. The van der Waals surface area contributed by atoms with Gasteiger partial charge >= 0.3 is 5.69 Å². The van der Waals surface area contributed by atoms with Gasteiger partial charge in [0.25, 0.3) is 0 Å². The summed E-state index contributed by atoms with van der Waals surface area (Å²) in [6.45, 7) is 0.0476. The summed E-state index contributed by atoms with van der Waals surface area (Å²) in [6.07, 6.45) is 0.689. The number of aromatic amines is 1. The molecule has 5 heteroatoms. The third kappa shape index (κ3) is 1.52. The van der Waals surface area contributed by atoms with E-state index in [1.165, 1.54) is 4.57 Å². The number of carbonyl (C=O) groups is 1. The molecule has 78 valence electrons. The molecule has 1 N–H and O–H groups in total. The molecule has 2 rings (SSSR count). The Morgan fingerprint density at radius 3 is 3.00 bits per heavy atom. The van der Waals surface area contributed by atoms with Crippen LogP contribution >= 0.6 is 0 Å². The highest BCUT2D eigenvalue weighted by Crippen LogP contribution is 2.17. The molecule has 1 aromatic heterocycles. The van der Waals surface area contributed by atoms with Gasteiger partial charge in [-0.1, -0.05) is 0 Å². The van der Waals surface area contributed by atoms with Crippen LogP contribution in [0.2, 0.25) is 0 Å². The van der Waals surface area contributed by atoms with E-state index in [2.05, 4.69) is 4.98 Å². The molecule has 0 aliphatic heterocycles. The van der Waals surface area contributed by atoms with Gasteiger partial charge in [0.1, 0.15) is 12.0 Å². The number of aromatic nitrogens is 2. The zero-order valence-electron chi connectivity index (χ0n) is 8.19. The molecule has 0 unspecified atom stereocenters. The molecular formula is C10H10N2O3. The van der Waals surface area contributed by atoms with Crippen LogP contribution in [0.1, 0.15) is 0 Å². The predicted octanol–water partition coefficient (Wildman–Crippen LogP) is 0.537. The molecular weight excluding hydrogens is 196 g/mol. The van der Waals surface area contributed by atoms with Crippen molar-refractivity contribution in [3.8, 4) is 5.75 Å². The molecule has 0 fully saturated rings. The number of fused-ring (bicyclic) bond motifs is 1. The lowest BCUT2D eigenvalue weighted by molar-refractivity contribution is -0.108. The maximum atomic E-state index is 11.4. The molecule has 0 spiro atoms. The summed E-state index contributed by atoms with van der Waals surface area (Å²) in [4.78, 5) is 24.5. The molecule has 0 radical (unpaired) electrons. The lowest BCUT2D eigenvalue weighted by Gasteiger charge is -2.00. The van der Waals surface area contributed by atoms with Crippen molar-refractivity contribution in [2.24, 2.45) is 0 Å². The van der Waals surface area contributed by atoms with Crippen molar-refractivity contribution in [2.45, 2.75) is 6.54 Å². The summed E-state index contributed by atoms with van der Waals surface area (Å²) in [5, 5.41) is 0. The van der Waals surface area contributed by atoms with E-state index in [0.29, 0.717) is 23.1 Å². The Kier molecular flexibility index (Phi) is 2.29. The van der Waals surface area contributed by atoms with Crippen LogP contribution in [-0.4, -0.2) is 22.9 Å². The van der Waals surface area contributed by atoms with E-state index < -0.39 is 0 Å². The molecule has 0 bridgehead atoms. The maximum Gasteiger partial charge on any atom is 0.326 e. The second-order valence-electron chi connectivity index (χ2n) is 3.09. The van der Waals surface area contributed by atoms with Gasteiger partial charge in [-0.25, -0.2) is 4.79 Å². The van der Waals surface area contributed by atoms with Gasteiger partial charge < -0.3 is 14.5 Å². The zero-order chi connectivity index (χ0) is 10.8. The predicted molar refractivity (Wildman–Crippen MR) is 55.2 cm³/mol. The first-order chi connectivity index (χ1) is 7.26. The Hall–Kier alpha value is -2.04. The topological polar surface area (TPSA) is 64.1 Å². The molecule has 0 aliphatic rings. The Morgan fingerprint density at radius 2 is 2.33 bits per heavy atom. The molecule has 0 aliphatic carbocycles. The Bertz CT molecular complexity index is 553. The Balaban J connectivity index is 2.71. The second kappa shape index (κ2) is 3.61. The molecule has 0 saturated heterocycles. The van der Waals surface area contributed by atoms with E-state index in [1.807, 2.05) is 0 Å². The summed E-state index contributed by atoms with van der Waals surface area (Å²) in [5.41, 5.74) is 1.08. The second-order valence-corrected chi connectivity index (χ2v) is 3.09. The van der Waals surface area contributed by atoms with Gasteiger partial charge in [-0.3, -0.25) is 4.57 Å². The molecule has 0 saturated carbocycles. The fourth-order valence-electron chi connectivity index (χ4n) is 1.52. The van der Waals surface area contributed by atoms with E-state index in [9.17, 15) is 9.59 Å².